The molecule has 1 aliphatic rings. The van der Waals surface area contributed by atoms with Crippen molar-refractivity contribution < 1.29 is 8.42 Å². The van der Waals surface area contributed by atoms with E-state index < -0.39 is 10.0 Å². The van der Waals surface area contributed by atoms with Gasteiger partial charge >= 0.3 is 0 Å². The summed E-state index contributed by atoms with van der Waals surface area (Å²) in [7, 11) is -3.51. The number of rotatable bonds is 2. The van der Waals surface area contributed by atoms with Crippen LogP contribution in [0.2, 0.25) is 5.02 Å². The minimum atomic E-state index is -3.51. The molecule has 4 nitrogen and oxygen atoms in total. The van der Waals surface area contributed by atoms with Gasteiger partial charge in [-0.2, -0.15) is 9.57 Å². The van der Waals surface area contributed by atoms with E-state index in [2.05, 4.69) is 6.92 Å². The molecule has 19 heavy (non-hydrogen) atoms. The third kappa shape index (κ3) is 2.92. The van der Waals surface area contributed by atoms with Crippen LogP contribution in [0, 0.1) is 17.2 Å². The summed E-state index contributed by atoms with van der Waals surface area (Å²) in [4.78, 5) is 0.142. The number of nitriles is 1. The van der Waals surface area contributed by atoms with E-state index in [0.29, 0.717) is 19.0 Å². The van der Waals surface area contributed by atoms with Gasteiger partial charge in [0.15, 0.2) is 0 Å². The highest BCUT2D eigenvalue weighted by Crippen LogP contribution is 2.26. The Balaban J connectivity index is 2.32. The molecule has 1 heterocycles. The molecule has 1 saturated heterocycles. The molecule has 0 N–H and O–H groups in total. The second kappa shape index (κ2) is 5.49. The molecular formula is C13H15ClN2O2S. The predicted molar refractivity (Wildman–Crippen MR) is 73.3 cm³/mol. The number of sulfonamides is 1. The first-order chi connectivity index (χ1) is 8.95. The van der Waals surface area contributed by atoms with Crippen LogP contribution in [0.4, 0.5) is 0 Å². The van der Waals surface area contributed by atoms with Crippen LogP contribution < -0.4 is 0 Å². The molecule has 1 aliphatic heterocycles. The zero-order valence-corrected chi connectivity index (χ0v) is 12.2. The van der Waals surface area contributed by atoms with Gasteiger partial charge in [0.05, 0.1) is 15.5 Å². The number of hydrogen-bond acceptors (Lipinski definition) is 3. The van der Waals surface area contributed by atoms with Gasteiger partial charge in [-0.15, -0.1) is 0 Å². The van der Waals surface area contributed by atoms with Crippen molar-refractivity contribution in [3.05, 3.63) is 28.8 Å². The van der Waals surface area contributed by atoms with Crippen molar-refractivity contribution in [2.75, 3.05) is 13.1 Å². The second-order valence-corrected chi connectivity index (χ2v) is 7.19. The lowest BCUT2D eigenvalue weighted by Gasteiger charge is -2.29. The van der Waals surface area contributed by atoms with Gasteiger partial charge in [0.2, 0.25) is 10.0 Å². The first kappa shape index (κ1) is 14.3. The van der Waals surface area contributed by atoms with Crippen LogP contribution in [-0.4, -0.2) is 25.8 Å². The summed E-state index contributed by atoms with van der Waals surface area (Å²) in [6, 6.07) is 6.16. The van der Waals surface area contributed by atoms with E-state index in [0.717, 1.165) is 12.8 Å². The number of benzene rings is 1. The SMILES string of the molecule is CC1CCN(S(=O)(=O)c2ccc(Cl)c(C#N)c2)CC1. The minimum absolute atomic E-state index is 0.142. The van der Waals surface area contributed by atoms with Crippen LogP contribution in [0.15, 0.2) is 23.1 Å². The third-order valence-corrected chi connectivity index (χ3v) is 5.66. The Morgan fingerprint density at radius 3 is 2.58 bits per heavy atom. The Morgan fingerprint density at radius 2 is 2.00 bits per heavy atom. The quantitative estimate of drug-likeness (QED) is 0.843. The van der Waals surface area contributed by atoms with E-state index in [1.54, 1.807) is 0 Å². The van der Waals surface area contributed by atoms with Crippen molar-refractivity contribution in [1.82, 2.24) is 4.31 Å². The molecular weight excluding hydrogens is 284 g/mol. The number of halogens is 1. The summed E-state index contributed by atoms with van der Waals surface area (Å²) in [6.45, 7) is 3.20. The molecule has 1 fully saturated rings. The maximum absolute atomic E-state index is 12.4. The Labute approximate surface area is 118 Å². The van der Waals surface area contributed by atoms with Crippen LogP contribution in [0.3, 0.4) is 0 Å². The van der Waals surface area contributed by atoms with Crippen molar-refractivity contribution in [1.29, 1.82) is 5.26 Å². The van der Waals surface area contributed by atoms with Gasteiger partial charge in [-0.25, -0.2) is 8.42 Å². The topological polar surface area (TPSA) is 61.2 Å². The van der Waals surface area contributed by atoms with Crippen LogP contribution in [0.1, 0.15) is 25.3 Å². The van der Waals surface area contributed by atoms with Gasteiger partial charge in [0, 0.05) is 13.1 Å². The van der Waals surface area contributed by atoms with E-state index in [9.17, 15) is 8.42 Å². The van der Waals surface area contributed by atoms with Crippen LogP contribution >= 0.6 is 11.6 Å². The molecule has 0 saturated carbocycles. The summed E-state index contributed by atoms with van der Waals surface area (Å²) < 4.78 is 26.4. The summed E-state index contributed by atoms with van der Waals surface area (Å²) in [6.07, 6.45) is 1.75. The molecule has 0 spiro atoms. The molecule has 0 atom stereocenters. The molecule has 1 aromatic rings. The molecule has 0 aliphatic carbocycles. The van der Waals surface area contributed by atoms with Crippen molar-refractivity contribution >= 4 is 21.6 Å². The maximum atomic E-state index is 12.4. The highest BCUT2D eigenvalue weighted by atomic mass is 35.5. The Bertz CT molecular complexity index is 614. The first-order valence-corrected chi connectivity index (χ1v) is 7.96. The van der Waals surface area contributed by atoms with Gasteiger partial charge in [-0.3, -0.25) is 0 Å². The van der Waals surface area contributed by atoms with Crippen molar-refractivity contribution in [3.63, 3.8) is 0 Å². The largest absolute Gasteiger partial charge is 0.243 e. The molecule has 1 aromatic carbocycles. The maximum Gasteiger partial charge on any atom is 0.243 e. The van der Waals surface area contributed by atoms with E-state index in [1.165, 1.54) is 22.5 Å². The molecule has 102 valence electrons. The van der Waals surface area contributed by atoms with Gasteiger partial charge in [0.25, 0.3) is 0 Å². The standard InChI is InChI=1S/C13H15ClN2O2S/c1-10-4-6-16(7-5-10)19(17,18)12-2-3-13(14)11(8-12)9-15/h2-3,8,10H,4-7H2,1H3. The summed E-state index contributed by atoms with van der Waals surface area (Å²) in [5.74, 6) is 0.561. The van der Waals surface area contributed by atoms with E-state index in [4.69, 9.17) is 16.9 Å². The zero-order chi connectivity index (χ0) is 14.0. The zero-order valence-electron chi connectivity index (χ0n) is 10.6. The average Bonchev–Trinajstić information content (AvgIpc) is 2.39. The summed E-state index contributed by atoms with van der Waals surface area (Å²) in [5, 5.41) is 9.18. The lowest BCUT2D eigenvalue weighted by atomic mass is 10.0. The van der Waals surface area contributed by atoms with Gasteiger partial charge < -0.3 is 0 Å². The number of nitrogens with zero attached hydrogens (tertiary/aromatic N) is 2. The first-order valence-electron chi connectivity index (χ1n) is 6.15. The second-order valence-electron chi connectivity index (χ2n) is 4.84. The Kier molecular flexibility index (Phi) is 4.14. The monoisotopic (exact) mass is 298 g/mol. The van der Waals surface area contributed by atoms with Crippen molar-refractivity contribution in [2.45, 2.75) is 24.7 Å². The molecule has 0 unspecified atom stereocenters. The highest BCUT2D eigenvalue weighted by Gasteiger charge is 2.28. The van der Waals surface area contributed by atoms with E-state index in [-0.39, 0.29) is 15.5 Å². The fourth-order valence-corrected chi connectivity index (χ4v) is 3.78. The smallest absolute Gasteiger partial charge is 0.207 e. The predicted octanol–water partition coefficient (Wildman–Crippen LogP) is 2.63. The summed E-state index contributed by atoms with van der Waals surface area (Å²) in [5.41, 5.74) is 0.188. The van der Waals surface area contributed by atoms with Crippen molar-refractivity contribution in [3.8, 4) is 6.07 Å². The van der Waals surface area contributed by atoms with Crippen molar-refractivity contribution in [2.24, 2.45) is 5.92 Å². The van der Waals surface area contributed by atoms with Gasteiger partial charge in [0.1, 0.15) is 6.07 Å². The Hall–Kier alpha value is -1.09. The number of hydrogen-bond donors (Lipinski definition) is 0. The highest BCUT2D eigenvalue weighted by molar-refractivity contribution is 7.89. The third-order valence-electron chi connectivity index (χ3n) is 3.44. The van der Waals surface area contributed by atoms with Crippen LogP contribution in [0.5, 0.6) is 0 Å². The fraction of sp³-hybridized carbons (Fsp3) is 0.462. The molecule has 0 aromatic heterocycles. The van der Waals surface area contributed by atoms with E-state index >= 15 is 0 Å². The molecule has 0 radical (unpaired) electrons. The normalized spacial score (nSPS) is 18.2. The fourth-order valence-electron chi connectivity index (χ4n) is 2.12. The van der Waals surface area contributed by atoms with Crippen LogP contribution in [0.25, 0.3) is 0 Å². The van der Waals surface area contributed by atoms with Gasteiger partial charge in [-0.05, 0) is 37.0 Å². The molecule has 0 bridgehead atoms. The number of piperidine rings is 1. The minimum Gasteiger partial charge on any atom is -0.207 e. The molecule has 6 heteroatoms. The lowest BCUT2D eigenvalue weighted by Crippen LogP contribution is -2.37. The van der Waals surface area contributed by atoms with E-state index in [1.807, 2.05) is 6.07 Å². The molecule has 0 amide bonds. The Morgan fingerprint density at radius 1 is 1.37 bits per heavy atom. The average molecular weight is 299 g/mol. The lowest BCUT2D eigenvalue weighted by molar-refractivity contribution is 0.288. The molecule has 2 rings (SSSR count). The summed E-state index contributed by atoms with van der Waals surface area (Å²) >= 11 is 5.82. The van der Waals surface area contributed by atoms with Gasteiger partial charge in [-0.1, -0.05) is 18.5 Å². The van der Waals surface area contributed by atoms with Crippen LogP contribution in [-0.2, 0) is 10.0 Å².